The van der Waals surface area contributed by atoms with Gasteiger partial charge < -0.3 is 29.6 Å². The van der Waals surface area contributed by atoms with Crippen molar-refractivity contribution in [2.75, 3.05) is 20.8 Å². The van der Waals surface area contributed by atoms with Crippen molar-refractivity contribution >= 4 is 16.8 Å². The van der Waals surface area contributed by atoms with E-state index in [9.17, 15) is 18.7 Å². The summed E-state index contributed by atoms with van der Waals surface area (Å²) in [7, 11) is 3.10. The molecule has 1 heterocycles. The number of hydrogen-bond acceptors (Lipinski definition) is 5. The van der Waals surface area contributed by atoms with Crippen LogP contribution in [0.1, 0.15) is 27.0 Å². The number of benzene rings is 3. The summed E-state index contributed by atoms with van der Waals surface area (Å²) in [5.41, 5.74) is 5.17. The number of hydrogen-bond donors (Lipinski definition) is 3. The van der Waals surface area contributed by atoms with E-state index in [0.717, 1.165) is 38.7 Å². The van der Waals surface area contributed by atoms with E-state index in [1.54, 1.807) is 13.2 Å². The molecule has 1 aliphatic carbocycles. The van der Waals surface area contributed by atoms with Crippen LogP contribution in [0.2, 0.25) is 0 Å². The molecule has 0 saturated carbocycles. The van der Waals surface area contributed by atoms with E-state index < -0.39 is 18.6 Å². The number of nitrogens with one attached hydrogen (secondary N) is 2. The molecule has 0 radical (unpaired) electrons. The number of halogens is 2. The summed E-state index contributed by atoms with van der Waals surface area (Å²) < 4.78 is 42.3. The van der Waals surface area contributed by atoms with Gasteiger partial charge in [-0.05, 0) is 77.4 Å². The zero-order valence-corrected chi connectivity index (χ0v) is 21.0. The molecule has 38 heavy (non-hydrogen) atoms. The van der Waals surface area contributed by atoms with Crippen molar-refractivity contribution in [3.63, 3.8) is 0 Å². The zero-order valence-electron chi connectivity index (χ0n) is 21.0. The Labute approximate surface area is 218 Å². The van der Waals surface area contributed by atoms with Gasteiger partial charge in [0.05, 0.1) is 32.4 Å². The Kier molecular flexibility index (Phi) is 7.20. The molecule has 0 saturated heterocycles. The summed E-state index contributed by atoms with van der Waals surface area (Å²) >= 11 is 0. The maximum absolute atomic E-state index is 13.4. The van der Waals surface area contributed by atoms with Crippen molar-refractivity contribution in [2.45, 2.75) is 31.9 Å². The van der Waals surface area contributed by atoms with Gasteiger partial charge in [0.25, 0.3) is 5.91 Å². The molecular weight excluding hydrogens is 494 g/mol. The normalized spacial score (nSPS) is 13.1. The first-order valence-corrected chi connectivity index (χ1v) is 12.3. The number of ether oxygens (including phenoxy) is 3. The van der Waals surface area contributed by atoms with Gasteiger partial charge in [-0.2, -0.15) is 8.78 Å². The second kappa shape index (κ2) is 10.7. The minimum Gasteiger partial charge on any atom is -0.493 e. The van der Waals surface area contributed by atoms with Crippen molar-refractivity contribution in [1.82, 2.24) is 10.3 Å². The zero-order chi connectivity index (χ0) is 26.8. The highest BCUT2D eigenvalue weighted by Crippen LogP contribution is 2.42. The van der Waals surface area contributed by atoms with E-state index in [4.69, 9.17) is 14.2 Å². The number of aliphatic hydroxyl groups excluding tert-OH is 1. The molecule has 1 aromatic heterocycles. The quantitative estimate of drug-likeness (QED) is 0.291. The minimum absolute atomic E-state index is 0.0379. The van der Waals surface area contributed by atoms with Crippen molar-refractivity contribution in [1.29, 1.82) is 0 Å². The number of aromatic amines is 1. The van der Waals surface area contributed by atoms with Crippen LogP contribution in [0.5, 0.6) is 17.2 Å². The van der Waals surface area contributed by atoms with E-state index in [-0.39, 0.29) is 17.9 Å². The van der Waals surface area contributed by atoms with Crippen molar-refractivity contribution in [3.05, 3.63) is 77.0 Å². The predicted octanol–water partition coefficient (Wildman–Crippen LogP) is 4.89. The van der Waals surface area contributed by atoms with Crippen LogP contribution in [0, 0.1) is 0 Å². The first-order chi connectivity index (χ1) is 18.4. The topological polar surface area (TPSA) is 92.8 Å². The lowest BCUT2D eigenvalue weighted by Gasteiger charge is -2.24. The number of aliphatic hydroxyl groups is 1. The van der Waals surface area contributed by atoms with Crippen LogP contribution in [0.25, 0.3) is 22.0 Å². The molecule has 1 atom stereocenters. The van der Waals surface area contributed by atoms with Gasteiger partial charge in [-0.3, -0.25) is 4.79 Å². The van der Waals surface area contributed by atoms with Crippen LogP contribution in [-0.2, 0) is 19.3 Å². The predicted molar refractivity (Wildman–Crippen MR) is 139 cm³/mol. The second-order valence-electron chi connectivity index (χ2n) is 9.16. The Morgan fingerprint density at radius 1 is 1.00 bits per heavy atom. The van der Waals surface area contributed by atoms with E-state index >= 15 is 0 Å². The number of carbonyl (C=O) groups excluding carboxylic acids is 1. The van der Waals surface area contributed by atoms with E-state index in [1.807, 2.05) is 42.6 Å². The van der Waals surface area contributed by atoms with E-state index in [1.165, 1.54) is 13.2 Å². The lowest BCUT2D eigenvalue weighted by atomic mass is 9.84. The highest BCUT2D eigenvalue weighted by molar-refractivity contribution is 5.99. The van der Waals surface area contributed by atoms with Crippen LogP contribution in [0.4, 0.5) is 8.78 Å². The molecule has 0 unspecified atom stereocenters. The maximum atomic E-state index is 13.4. The fourth-order valence-electron chi connectivity index (χ4n) is 5.09. The average Bonchev–Trinajstić information content (AvgIpc) is 3.33. The first-order valence-electron chi connectivity index (χ1n) is 12.3. The third-order valence-corrected chi connectivity index (χ3v) is 6.93. The lowest BCUT2D eigenvalue weighted by Crippen LogP contribution is -2.39. The Morgan fingerprint density at radius 2 is 1.66 bits per heavy atom. The van der Waals surface area contributed by atoms with Crippen molar-refractivity contribution in [3.8, 4) is 28.4 Å². The van der Waals surface area contributed by atoms with E-state index in [0.29, 0.717) is 30.8 Å². The monoisotopic (exact) mass is 522 g/mol. The molecule has 1 aliphatic rings. The summed E-state index contributed by atoms with van der Waals surface area (Å²) in [6.07, 6.45) is 3.43. The Balaban J connectivity index is 1.49. The number of fused-ring (bicyclic) bond motifs is 4. The molecule has 3 N–H and O–H groups in total. The molecular formula is C29H28F2N2O5. The van der Waals surface area contributed by atoms with Gasteiger partial charge in [-0.25, -0.2) is 0 Å². The number of rotatable bonds is 9. The van der Waals surface area contributed by atoms with Gasteiger partial charge in [-0.15, -0.1) is 0 Å². The fraction of sp³-hybridized carbons (Fsp3) is 0.276. The van der Waals surface area contributed by atoms with E-state index in [2.05, 4.69) is 10.3 Å². The molecule has 0 bridgehead atoms. The standard InChI is InChI=1S/C29H28F2N2O5/c1-36-26-11-17-8-7-16-10-25(38-29(30)31)23(12-21(16)22(17)13-27(26)37-2)28(35)33-19(15-34)9-18-14-32-24-6-4-3-5-20(18)24/h3-6,10-14,19,29,32,34H,7-9,15H2,1-2H3,(H,33,35)/t19-/m1/s1. The largest absolute Gasteiger partial charge is 0.493 e. The van der Waals surface area contributed by atoms with Crippen LogP contribution in [-0.4, -0.2) is 49.5 Å². The highest BCUT2D eigenvalue weighted by Gasteiger charge is 2.26. The van der Waals surface area contributed by atoms with Gasteiger partial charge >= 0.3 is 6.61 Å². The van der Waals surface area contributed by atoms with Crippen molar-refractivity contribution < 1.29 is 32.9 Å². The molecule has 5 rings (SSSR count). The molecule has 0 fully saturated rings. The number of alkyl halides is 2. The molecule has 3 aromatic carbocycles. The van der Waals surface area contributed by atoms with Crippen LogP contribution in [0.3, 0.4) is 0 Å². The number of H-pyrrole nitrogens is 1. The Morgan fingerprint density at radius 3 is 2.34 bits per heavy atom. The number of aryl methyl sites for hydroxylation is 2. The fourth-order valence-corrected chi connectivity index (χ4v) is 5.09. The molecule has 198 valence electrons. The number of amides is 1. The average molecular weight is 523 g/mol. The summed E-state index contributed by atoms with van der Waals surface area (Å²) in [5.74, 6) is 0.296. The summed E-state index contributed by atoms with van der Waals surface area (Å²) in [6, 6.07) is 13.9. The molecule has 1 amide bonds. The summed E-state index contributed by atoms with van der Waals surface area (Å²) in [5, 5.41) is 13.8. The van der Waals surface area contributed by atoms with Gasteiger partial charge in [-0.1, -0.05) is 18.2 Å². The number of methoxy groups -OCH3 is 2. The van der Waals surface area contributed by atoms with Gasteiger partial charge in [0.1, 0.15) is 5.75 Å². The SMILES string of the molecule is COc1cc2c(cc1OC)-c1cc(C(=O)N[C@@H](CO)Cc3c[nH]c4ccccc34)c(OC(F)F)cc1CC2. The summed E-state index contributed by atoms with van der Waals surface area (Å²) in [4.78, 5) is 16.6. The summed E-state index contributed by atoms with van der Waals surface area (Å²) in [6.45, 7) is -3.43. The molecule has 9 heteroatoms. The van der Waals surface area contributed by atoms with Crippen LogP contribution >= 0.6 is 0 Å². The van der Waals surface area contributed by atoms with Crippen LogP contribution in [0.15, 0.2) is 54.7 Å². The first kappa shape index (κ1) is 25.5. The number of aromatic nitrogens is 1. The Bertz CT molecular complexity index is 1480. The third kappa shape index (κ3) is 4.89. The maximum Gasteiger partial charge on any atom is 0.387 e. The van der Waals surface area contributed by atoms with Crippen LogP contribution < -0.4 is 19.5 Å². The molecule has 4 aromatic rings. The lowest BCUT2D eigenvalue weighted by molar-refractivity contribution is -0.0502. The van der Waals surface area contributed by atoms with Crippen molar-refractivity contribution in [2.24, 2.45) is 0 Å². The molecule has 0 spiro atoms. The number of carbonyl (C=O) groups is 1. The minimum atomic E-state index is -3.10. The number of para-hydroxylation sites is 1. The van der Waals surface area contributed by atoms with Gasteiger partial charge in [0.2, 0.25) is 0 Å². The molecule has 0 aliphatic heterocycles. The molecule has 7 nitrogen and oxygen atoms in total. The third-order valence-electron chi connectivity index (χ3n) is 6.93. The Hall–Kier alpha value is -4.11. The van der Waals surface area contributed by atoms with Gasteiger partial charge in [0.15, 0.2) is 11.5 Å². The van der Waals surface area contributed by atoms with Gasteiger partial charge in [0, 0.05) is 17.1 Å². The highest BCUT2D eigenvalue weighted by atomic mass is 19.3. The second-order valence-corrected chi connectivity index (χ2v) is 9.16. The smallest absolute Gasteiger partial charge is 0.387 e.